The van der Waals surface area contributed by atoms with Crippen molar-refractivity contribution in [1.29, 1.82) is 0 Å². The van der Waals surface area contributed by atoms with E-state index in [1.807, 2.05) is 31.7 Å². The first-order valence-electron chi connectivity index (χ1n) is 5.50. The SMILES string of the molecule is CSC(C)CNc1cc(C)nc(C)c1C(N)=S. The van der Waals surface area contributed by atoms with Crippen molar-refractivity contribution in [3.8, 4) is 0 Å². The molecule has 3 N–H and O–H groups in total. The zero-order valence-electron chi connectivity index (χ0n) is 10.7. The summed E-state index contributed by atoms with van der Waals surface area (Å²) in [6.45, 7) is 6.98. The van der Waals surface area contributed by atoms with Crippen LogP contribution in [0.5, 0.6) is 0 Å². The van der Waals surface area contributed by atoms with Gasteiger partial charge in [0.25, 0.3) is 0 Å². The third-order valence-corrected chi connectivity index (χ3v) is 3.73. The minimum absolute atomic E-state index is 0.398. The van der Waals surface area contributed by atoms with Gasteiger partial charge in [-0.1, -0.05) is 19.1 Å². The van der Waals surface area contributed by atoms with Crippen molar-refractivity contribution in [1.82, 2.24) is 4.98 Å². The number of hydrogen-bond acceptors (Lipinski definition) is 4. The van der Waals surface area contributed by atoms with Crippen molar-refractivity contribution in [3.63, 3.8) is 0 Å². The Labute approximate surface area is 113 Å². The largest absolute Gasteiger partial charge is 0.389 e. The minimum atomic E-state index is 0.398. The van der Waals surface area contributed by atoms with Gasteiger partial charge in [-0.05, 0) is 26.2 Å². The molecule has 0 amide bonds. The summed E-state index contributed by atoms with van der Waals surface area (Å²) in [6, 6.07) is 1.99. The summed E-state index contributed by atoms with van der Waals surface area (Å²) in [5.41, 5.74) is 9.46. The molecule has 1 atom stereocenters. The van der Waals surface area contributed by atoms with Gasteiger partial charge in [0, 0.05) is 28.9 Å². The number of aryl methyl sites for hydroxylation is 2. The highest BCUT2D eigenvalue weighted by Gasteiger charge is 2.11. The summed E-state index contributed by atoms with van der Waals surface area (Å²) in [4.78, 5) is 4.79. The van der Waals surface area contributed by atoms with Gasteiger partial charge < -0.3 is 11.1 Å². The minimum Gasteiger partial charge on any atom is -0.389 e. The Morgan fingerprint density at radius 3 is 2.76 bits per heavy atom. The van der Waals surface area contributed by atoms with Crippen LogP contribution >= 0.6 is 24.0 Å². The number of nitrogens with one attached hydrogen (secondary N) is 1. The van der Waals surface area contributed by atoms with Gasteiger partial charge in [-0.25, -0.2) is 0 Å². The van der Waals surface area contributed by atoms with Crippen LogP contribution in [0.1, 0.15) is 23.9 Å². The molecular weight excluding hydrogens is 250 g/mol. The van der Waals surface area contributed by atoms with E-state index in [9.17, 15) is 0 Å². The third-order valence-electron chi connectivity index (χ3n) is 2.56. The van der Waals surface area contributed by atoms with E-state index in [4.69, 9.17) is 18.0 Å². The first-order chi connectivity index (χ1) is 7.95. The van der Waals surface area contributed by atoms with Gasteiger partial charge in [0.1, 0.15) is 4.99 Å². The van der Waals surface area contributed by atoms with Crippen LogP contribution in [-0.2, 0) is 0 Å². The van der Waals surface area contributed by atoms with Gasteiger partial charge in [-0.2, -0.15) is 11.8 Å². The molecule has 1 rings (SSSR count). The van der Waals surface area contributed by atoms with Crippen molar-refractivity contribution >= 4 is 34.7 Å². The zero-order valence-corrected chi connectivity index (χ0v) is 12.3. The van der Waals surface area contributed by atoms with E-state index in [0.29, 0.717) is 10.2 Å². The summed E-state index contributed by atoms with van der Waals surface area (Å²) in [5, 5.41) is 3.94. The molecule has 1 aromatic rings. The van der Waals surface area contributed by atoms with Gasteiger partial charge in [-0.3, -0.25) is 4.98 Å². The maximum atomic E-state index is 5.75. The van der Waals surface area contributed by atoms with Crippen molar-refractivity contribution in [2.24, 2.45) is 5.73 Å². The van der Waals surface area contributed by atoms with E-state index in [1.54, 1.807) is 0 Å². The lowest BCUT2D eigenvalue weighted by Crippen LogP contribution is -2.19. The summed E-state index contributed by atoms with van der Waals surface area (Å²) in [7, 11) is 0. The first kappa shape index (κ1) is 14.3. The molecule has 17 heavy (non-hydrogen) atoms. The van der Waals surface area contributed by atoms with Crippen molar-refractivity contribution in [2.75, 3.05) is 18.1 Å². The van der Waals surface area contributed by atoms with Gasteiger partial charge >= 0.3 is 0 Å². The average molecular weight is 269 g/mol. The van der Waals surface area contributed by atoms with E-state index < -0.39 is 0 Å². The van der Waals surface area contributed by atoms with Crippen LogP contribution in [0.25, 0.3) is 0 Å². The lowest BCUT2D eigenvalue weighted by Gasteiger charge is -2.16. The molecule has 0 aliphatic heterocycles. The maximum Gasteiger partial charge on any atom is 0.107 e. The number of pyridine rings is 1. The monoisotopic (exact) mass is 269 g/mol. The standard InChI is InChI=1S/C12H19N3S2/c1-7-5-10(14-6-8(2)17-4)11(12(13)16)9(3)15-7/h5,8H,6H2,1-4H3,(H2,13,16)(H,14,15). The Morgan fingerprint density at radius 2 is 2.24 bits per heavy atom. The van der Waals surface area contributed by atoms with E-state index in [0.717, 1.165) is 29.2 Å². The molecule has 5 heteroatoms. The number of hydrogen-bond donors (Lipinski definition) is 2. The molecule has 0 aromatic carbocycles. The molecule has 0 bridgehead atoms. The van der Waals surface area contributed by atoms with Crippen LogP contribution in [0.15, 0.2) is 6.07 Å². The fourth-order valence-corrected chi connectivity index (χ4v) is 2.12. The van der Waals surface area contributed by atoms with E-state index in [1.165, 1.54) is 0 Å². The van der Waals surface area contributed by atoms with Crippen LogP contribution in [0.4, 0.5) is 5.69 Å². The van der Waals surface area contributed by atoms with Crippen molar-refractivity contribution < 1.29 is 0 Å². The van der Waals surface area contributed by atoms with Gasteiger partial charge in [0.2, 0.25) is 0 Å². The molecule has 0 spiro atoms. The highest BCUT2D eigenvalue weighted by atomic mass is 32.2. The second kappa shape index (κ2) is 6.21. The highest BCUT2D eigenvalue weighted by Crippen LogP contribution is 2.20. The molecule has 3 nitrogen and oxygen atoms in total. The molecular formula is C12H19N3S2. The van der Waals surface area contributed by atoms with E-state index in [-0.39, 0.29) is 0 Å². The van der Waals surface area contributed by atoms with E-state index >= 15 is 0 Å². The Morgan fingerprint density at radius 1 is 1.59 bits per heavy atom. The summed E-state index contributed by atoms with van der Waals surface area (Å²) >= 11 is 6.91. The van der Waals surface area contributed by atoms with E-state index in [2.05, 4.69) is 23.5 Å². The van der Waals surface area contributed by atoms with Crippen LogP contribution in [-0.4, -0.2) is 28.0 Å². The van der Waals surface area contributed by atoms with Crippen LogP contribution in [0.3, 0.4) is 0 Å². The normalized spacial score (nSPS) is 12.2. The molecule has 1 heterocycles. The Balaban J connectivity index is 3.00. The van der Waals surface area contributed by atoms with Crippen LogP contribution in [0.2, 0.25) is 0 Å². The number of aromatic nitrogens is 1. The Kier molecular flexibility index (Phi) is 5.21. The Bertz CT molecular complexity index is 418. The molecule has 94 valence electrons. The van der Waals surface area contributed by atoms with Crippen LogP contribution in [0, 0.1) is 13.8 Å². The second-order valence-electron chi connectivity index (χ2n) is 4.06. The number of thioether (sulfide) groups is 1. The Hall–Kier alpha value is -0.810. The summed E-state index contributed by atoms with van der Waals surface area (Å²) in [6.07, 6.45) is 2.10. The maximum absolute atomic E-state index is 5.75. The number of nitrogens with two attached hydrogens (primary N) is 1. The molecule has 0 saturated heterocycles. The lowest BCUT2D eigenvalue weighted by molar-refractivity contribution is 0.996. The number of nitrogens with zero attached hydrogens (tertiary/aromatic N) is 1. The molecule has 0 aliphatic carbocycles. The molecule has 0 saturated carbocycles. The predicted molar refractivity (Wildman–Crippen MR) is 81.1 cm³/mol. The highest BCUT2D eigenvalue weighted by molar-refractivity contribution is 7.99. The quantitative estimate of drug-likeness (QED) is 0.804. The fourth-order valence-electron chi connectivity index (χ4n) is 1.62. The predicted octanol–water partition coefficient (Wildman–Crippen LogP) is 2.50. The second-order valence-corrected chi connectivity index (χ2v) is 5.78. The average Bonchev–Trinajstić information content (AvgIpc) is 2.24. The molecule has 1 unspecified atom stereocenters. The van der Waals surface area contributed by atoms with Gasteiger partial charge in [0.05, 0.1) is 5.56 Å². The first-order valence-corrected chi connectivity index (χ1v) is 7.20. The molecule has 1 aromatic heterocycles. The van der Waals surface area contributed by atoms with Crippen molar-refractivity contribution in [3.05, 3.63) is 23.0 Å². The van der Waals surface area contributed by atoms with Gasteiger partial charge in [0.15, 0.2) is 0 Å². The third kappa shape index (κ3) is 3.85. The summed E-state index contributed by atoms with van der Waals surface area (Å²) in [5.74, 6) is 0. The lowest BCUT2D eigenvalue weighted by atomic mass is 10.1. The van der Waals surface area contributed by atoms with Crippen molar-refractivity contribution in [2.45, 2.75) is 26.0 Å². The topological polar surface area (TPSA) is 50.9 Å². The fraction of sp³-hybridized carbons (Fsp3) is 0.500. The molecule has 0 radical (unpaired) electrons. The number of anilines is 1. The summed E-state index contributed by atoms with van der Waals surface area (Å²) < 4.78 is 0. The van der Waals surface area contributed by atoms with Gasteiger partial charge in [-0.15, -0.1) is 0 Å². The molecule has 0 aliphatic rings. The smallest absolute Gasteiger partial charge is 0.107 e. The number of rotatable bonds is 5. The zero-order chi connectivity index (χ0) is 13.0. The molecule has 0 fully saturated rings. The number of thiocarbonyl (C=S) groups is 1. The van der Waals surface area contributed by atoms with Crippen LogP contribution < -0.4 is 11.1 Å².